The summed E-state index contributed by atoms with van der Waals surface area (Å²) < 4.78 is 10.7. The molecule has 1 N–H and O–H groups in total. The number of ether oxygens (including phenoxy) is 2. The molecule has 2 aromatic rings. The third-order valence-corrected chi connectivity index (χ3v) is 4.66. The minimum atomic E-state index is -1.90. The molecule has 1 unspecified atom stereocenters. The zero-order valence-electron chi connectivity index (χ0n) is 14.5. The highest BCUT2D eigenvalue weighted by molar-refractivity contribution is 5.74. The summed E-state index contributed by atoms with van der Waals surface area (Å²) in [6.07, 6.45) is 1.54. The summed E-state index contributed by atoms with van der Waals surface area (Å²) in [5.41, 5.74) is 0.116. The molecule has 0 saturated heterocycles. The Bertz CT molecular complexity index is 779. The number of carboxylic acids is 1. The van der Waals surface area contributed by atoms with Crippen LogP contribution >= 0.6 is 0 Å². The van der Waals surface area contributed by atoms with E-state index in [0.29, 0.717) is 0 Å². The minimum Gasteiger partial charge on any atom is -0.476 e. The highest BCUT2D eigenvalue weighted by Gasteiger charge is 2.56. The molecule has 0 spiro atoms. The van der Waals surface area contributed by atoms with E-state index in [1.807, 2.05) is 60.7 Å². The lowest BCUT2D eigenvalue weighted by Crippen LogP contribution is -2.50. The Kier molecular flexibility index (Phi) is 5.40. The first kappa shape index (κ1) is 18.4. The second kappa shape index (κ2) is 7.90. The van der Waals surface area contributed by atoms with Gasteiger partial charge in [0.25, 0.3) is 0 Å². The van der Waals surface area contributed by atoms with Gasteiger partial charge in [0.2, 0.25) is 6.79 Å². The van der Waals surface area contributed by atoms with Crippen molar-refractivity contribution in [2.45, 2.75) is 18.9 Å². The SMILES string of the molecule is O=C(O)C([N+](=O)[O-])C(Cc1ccccc1)(Cc1ccccc1)C1=COCO1. The Morgan fingerprint density at radius 1 is 1.07 bits per heavy atom. The minimum absolute atomic E-state index is 0.0925. The summed E-state index contributed by atoms with van der Waals surface area (Å²) in [6.45, 7) is -0.0925. The van der Waals surface area contributed by atoms with Crippen molar-refractivity contribution >= 4 is 5.97 Å². The van der Waals surface area contributed by atoms with E-state index >= 15 is 0 Å². The number of nitro groups is 1. The molecule has 1 atom stereocenters. The average Bonchev–Trinajstić information content (AvgIpc) is 3.18. The molecular formula is C20H19NO6. The first-order valence-corrected chi connectivity index (χ1v) is 8.42. The number of rotatable bonds is 8. The fourth-order valence-corrected chi connectivity index (χ4v) is 3.52. The van der Waals surface area contributed by atoms with Gasteiger partial charge >= 0.3 is 12.0 Å². The molecule has 0 aromatic heterocycles. The second-order valence-electron chi connectivity index (χ2n) is 6.42. The van der Waals surface area contributed by atoms with Crippen LogP contribution in [-0.4, -0.2) is 28.8 Å². The van der Waals surface area contributed by atoms with Crippen LogP contribution in [-0.2, 0) is 27.1 Å². The average molecular weight is 369 g/mol. The van der Waals surface area contributed by atoms with Crippen molar-refractivity contribution in [3.8, 4) is 0 Å². The lowest BCUT2D eigenvalue weighted by atomic mass is 9.69. The molecule has 0 aliphatic carbocycles. The fraction of sp³-hybridized carbons (Fsp3) is 0.250. The summed E-state index contributed by atoms with van der Waals surface area (Å²) in [4.78, 5) is 23.0. The maximum absolute atomic E-state index is 12.0. The molecule has 1 aliphatic heterocycles. The number of carbonyl (C=O) groups is 1. The van der Waals surface area contributed by atoms with Gasteiger partial charge in [-0.25, -0.2) is 4.79 Å². The monoisotopic (exact) mass is 369 g/mol. The number of nitrogens with zero attached hydrogens (tertiary/aromatic N) is 1. The van der Waals surface area contributed by atoms with E-state index in [9.17, 15) is 20.0 Å². The van der Waals surface area contributed by atoms with E-state index in [0.717, 1.165) is 11.1 Å². The molecule has 7 nitrogen and oxygen atoms in total. The summed E-state index contributed by atoms with van der Waals surface area (Å²) >= 11 is 0. The maximum Gasteiger partial charge on any atom is 0.380 e. The van der Waals surface area contributed by atoms with Gasteiger partial charge in [-0.2, -0.15) is 0 Å². The van der Waals surface area contributed by atoms with Crippen molar-refractivity contribution in [3.63, 3.8) is 0 Å². The van der Waals surface area contributed by atoms with Gasteiger partial charge in [-0.3, -0.25) is 10.1 Å². The molecule has 0 saturated carbocycles. The predicted octanol–water partition coefficient (Wildman–Crippen LogP) is 3.03. The van der Waals surface area contributed by atoms with E-state index in [2.05, 4.69) is 0 Å². The van der Waals surface area contributed by atoms with Crippen LogP contribution in [0.3, 0.4) is 0 Å². The molecule has 7 heteroatoms. The number of carboxylic acid groups (broad SMARTS) is 1. The topological polar surface area (TPSA) is 98.9 Å². The number of hydrogen-bond donors (Lipinski definition) is 1. The molecule has 0 fully saturated rings. The smallest absolute Gasteiger partial charge is 0.380 e. The van der Waals surface area contributed by atoms with Gasteiger partial charge in [0, 0.05) is 4.92 Å². The van der Waals surface area contributed by atoms with Gasteiger partial charge in [0.05, 0.1) is 0 Å². The first-order valence-electron chi connectivity index (χ1n) is 8.42. The molecule has 1 aliphatic rings. The van der Waals surface area contributed by atoms with Crippen molar-refractivity contribution < 1.29 is 24.3 Å². The van der Waals surface area contributed by atoms with Gasteiger partial charge < -0.3 is 14.6 Å². The summed E-state index contributed by atoms with van der Waals surface area (Å²) in [5, 5.41) is 21.6. The Labute approximate surface area is 156 Å². The summed E-state index contributed by atoms with van der Waals surface area (Å²) in [5.74, 6) is -1.33. The molecule has 0 amide bonds. The Morgan fingerprint density at radius 3 is 1.96 bits per heavy atom. The van der Waals surface area contributed by atoms with Gasteiger partial charge in [-0.15, -0.1) is 0 Å². The van der Waals surface area contributed by atoms with E-state index in [4.69, 9.17) is 9.47 Å². The Morgan fingerprint density at radius 2 is 1.59 bits per heavy atom. The van der Waals surface area contributed by atoms with E-state index in [1.165, 1.54) is 6.26 Å². The van der Waals surface area contributed by atoms with Crippen LogP contribution < -0.4 is 0 Å². The predicted molar refractivity (Wildman–Crippen MR) is 96.3 cm³/mol. The highest BCUT2D eigenvalue weighted by atomic mass is 16.7. The van der Waals surface area contributed by atoms with Crippen molar-refractivity contribution in [3.05, 3.63) is 93.9 Å². The summed E-state index contributed by atoms with van der Waals surface area (Å²) in [7, 11) is 0. The molecule has 1 heterocycles. The fourth-order valence-electron chi connectivity index (χ4n) is 3.52. The Balaban J connectivity index is 2.16. The van der Waals surface area contributed by atoms with Crippen LogP contribution in [0.4, 0.5) is 0 Å². The van der Waals surface area contributed by atoms with Crippen LogP contribution in [0.2, 0.25) is 0 Å². The molecule has 27 heavy (non-hydrogen) atoms. The quantitative estimate of drug-likeness (QED) is 0.567. The van der Waals surface area contributed by atoms with Gasteiger partial charge in [-0.1, -0.05) is 60.7 Å². The van der Waals surface area contributed by atoms with Crippen LogP contribution in [0, 0.1) is 15.5 Å². The third kappa shape index (κ3) is 3.92. The zero-order valence-corrected chi connectivity index (χ0v) is 14.5. The lowest BCUT2D eigenvalue weighted by molar-refractivity contribution is -0.528. The number of aliphatic carboxylic acids is 1. The zero-order chi connectivity index (χ0) is 19.3. The number of hydrogen-bond acceptors (Lipinski definition) is 5. The molecule has 140 valence electrons. The molecule has 0 bridgehead atoms. The Hall–Kier alpha value is -3.35. The van der Waals surface area contributed by atoms with Crippen molar-refractivity contribution in [1.29, 1.82) is 0 Å². The molecular weight excluding hydrogens is 350 g/mol. The maximum atomic E-state index is 12.0. The van der Waals surface area contributed by atoms with E-state index < -0.39 is 22.3 Å². The van der Waals surface area contributed by atoms with Gasteiger partial charge in [0.1, 0.15) is 17.4 Å². The van der Waals surface area contributed by atoms with Crippen LogP contribution in [0.1, 0.15) is 11.1 Å². The summed E-state index contributed by atoms with van der Waals surface area (Å²) in [6, 6.07) is 16.3. The van der Waals surface area contributed by atoms with Gasteiger partial charge in [-0.05, 0) is 24.0 Å². The number of benzene rings is 2. The second-order valence-corrected chi connectivity index (χ2v) is 6.42. The molecule has 0 radical (unpaired) electrons. The van der Waals surface area contributed by atoms with E-state index in [1.54, 1.807) is 0 Å². The van der Waals surface area contributed by atoms with Crippen LogP contribution in [0.25, 0.3) is 0 Å². The van der Waals surface area contributed by atoms with Gasteiger partial charge in [0.15, 0.2) is 0 Å². The van der Waals surface area contributed by atoms with Crippen LogP contribution in [0.15, 0.2) is 72.7 Å². The standard InChI is InChI=1S/C20H19NO6/c22-19(23)18(21(24)25)20(17-13-26-14-27-17,11-15-7-3-1-4-8-15)12-16-9-5-2-6-10-16/h1-10,13,18H,11-12,14H2,(H,22,23). The lowest BCUT2D eigenvalue weighted by Gasteiger charge is -2.33. The highest BCUT2D eigenvalue weighted by Crippen LogP contribution is 2.42. The van der Waals surface area contributed by atoms with Crippen molar-refractivity contribution in [2.24, 2.45) is 5.41 Å². The largest absolute Gasteiger partial charge is 0.476 e. The molecule has 2 aromatic carbocycles. The normalized spacial score (nSPS) is 14.6. The van der Waals surface area contributed by atoms with E-state index in [-0.39, 0.29) is 25.4 Å². The van der Waals surface area contributed by atoms with Crippen molar-refractivity contribution in [2.75, 3.05) is 6.79 Å². The third-order valence-electron chi connectivity index (χ3n) is 4.66. The van der Waals surface area contributed by atoms with Crippen molar-refractivity contribution in [1.82, 2.24) is 0 Å². The first-order chi connectivity index (χ1) is 13.0. The van der Waals surface area contributed by atoms with Crippen LogP contribution in [0.5, 0.6) is 0 Å². The molecule has 3 rings (SSSR count).